The van der Waals surface area contributed by atoms with E-state index in [1.54, 1.807) is 19.1 Å². The normalized spacial score (nSPS) is 11.8. The van der Waals surface area contributed by atoms with E-state index in [2.05, 4.69) is 5.32 Å². The third-order valence-electron chi connectivity index (χ3n) is 2.78. The summed E-state index contributed by atoms with van der Waals surface area (Å²) in [5, 5.41) is 2.55. The second kappa shape index (κ2) is 6.84. The van der Waals surface area contributed by atoms with Gasteiger partial charge in [0.2, 0.25) is 0 Å². The highest BCUT2D eigenvalue weighted by atomic mass is 19.1. The van der Waals surface area contributed by atoms with Crippen LogP contribution in [0.2, 0.25) is 0 Å². The van der Waals surface area contributed by atoms with E-state index in [-0.39, 0.29) is 5.56 Å². The maximum Gasteiger partial charge on any atom is 0.338 e. The molecular weight excluding hydrogens is 296 g/mol. The Hall–Kier alpha value is -2.70. The van der Waals surface area contributed by atoms with Crippen molar-refractivity contribution in [1.82, 2.24) is 5.32 Å². The highest BCUT2D eigenvalue weighted by molar-refractivity contribution is 5.91. The number of rotatable bonds is 5. The first kappa shape index (κ1) is 15.7. The van der Waals surface area contributed by atoms with Crippen LogP contribution in [0.25, 0.3) is 0 Å². The predicted molar refractivity (Wildman–Crippen MR) is 71.9 cm³/mol. The van der Waals surface area contributed by atoms with Crippen molar-refractivity contribution in [2.24, 2.45) is 0 Å². The molecule has 0 spiro atoms. The van der Waals surface area contributed by atoms with Crippen molar-refractivity contribution in [3.63, 3.8) is 0 Å². The van der Waals surface area contributed by atoms with Crippen LogP contribution in [0.1, 0.15) is 29.1 Å². The molecule has 22 heavy (non-hydrogen) atoms. The minimum absolute atomic E-state index is 0.301. The molecule has 0 fully saturated rings. The summed E-state index contributed by atoms with van der Waals surface area (Å²) in [5.74, 6) is -2.80. The Morgan fingerprint density at radius 2 is 1.95 bits per heavy atom. The molecule has 0 aliphatic heterocycles. The quantitative estimate of drug-likeness (QED) is 0.862. The monoisotopic (exact) mass is 309 g/mol. The van der Waals surface area contributed by atoms with Gasteiger partial charge >= 0.3 is 5.97 Å². The van der Waals surface area contributed by atoms with E-state index in [9.17, 15) is 18.4 Å². The van der Waals surface area contributed by atoms with Gasteiger partial charge in [-0.3, -0.25) is 4.79 Å². The van der Waals surface area contributed by atoms with Crippen LogP contribution < -0.4 is 5.32 Å². The molecule has 0 saturated carbocycles. The summed E-state index contributed by atoms with van der Waals surface area (Å²) in [6, 6.07) is 5.26. The molecule has 116 valence electrons. The first-order valence-corrected chi connectivity index (χ1v) is 6.41. The number of esters is 1. The number of benzene rings is 1. The number of ether oxygens (including phenoxy) is 1. The van der Waals surface area contributed by atoms with Gasteiger partial charge in [0.1, 0.15) is 17.4 Å². The fourth-order valence-electron chi connectivity index (χ4n) is 1.78. The highest BCUT2D eigenvalue weighted by Crippen LogP contribution is 2.12. The summed E-state index contributed by atoms with van der Waals surface area (Å²) in [6.45, 7) is 1.13. The summed E-state index contributed by atoms with van der Waals surface area (Å²) in [4.78, 5) is 23.3. The van der Waals surface area contributed by atoms with Crippen molar-refractivity contribution in [2.45, 2.75) is 13.0 Å². The van der Waals surface area contributed by atoms with Gasteiger partial charge in [-0.1, -0.05) is 0 Å². The molecule has 1 aromatic carbocycles. The van der Waals surface area contributed by atoms with E-state index in [0.29, 0.717) is 11.8 Å². The molecule has 0 radical (unpaired) electrons. The zero-order valence-electron chi connectivity index (χ0n) is 11.6. The second-order valence-electron chi connectivity index (χ2n) is 4.54. The van der Waals surface area contributed by atoms with Crippen LogP contribution in [0, 0.1) is 11.6 Å². The fourth-order valence-corrected chi connectivity index (χ4v) is 1.78. The molecular formula is C15H13F2NO4. The third-order valence-corrected chi connectivity index (χ3v) is 2.78. The average molecular weight is 309 g/mol. The Balaban J connectivity index is 1.86. The number of furan rings is 1. The smallest absolute Gasteiger partial charge is 0.338 e. The molecule has 0 aliphatic carbocycles. The van der Waals surface area contributed by atoms with Gasteiger partial charge in [0.25, 0.3) is 5.91 Å². The Kier molecular flexibility index (Phi) is 4.88. The first-order chi connectivity index (χ1) is 10.5. The lowest BCUT2D eigenvalue weighted by Gasteiger charge is -2.11. The highest BCUT2D eigenvalue weighted by Gasteiger charge is 2.15. The molecule has 0 bridgehead atoms. The van der Waals surface area contributed by atoms with Crippen LogP contribution in [0.4, 0.5) is 8.78 Å². The standard InChI is InChI=1S/C15H13F2NO4/c1-9(13-3-2-4-21-13)18-14(19)8-22-15(20)10-5-11(16)7-12(17)6-10/h2-7,9H,8H2,1H3,(H,18,19)/t9-/m0/s1. The summed E-state index contributed by atoms with van der Waals surface area (Å²) < 4.78 is 35.8. The van der Waals surface area contributed by atoms with Crippen molar-refractivity contribution in [3.8, 4) is 0 Å². The van der Waals surface area contributed by atoms with Gasteiger partial charge in [-0.2, -0.15) is 0 Å². The number of carbonyl (C=O) groups excluding carboxylic acids is 2. The minimum atomic E-state index is -0.987. The van der Waals surface area contributed by atoms with E-state index in [0.717, 1.165) is 12.1 Å². The third kappa shape index (κ3) is 4.15. The number of hydrogen-bond donors (Lipinski definition) is 1. The van der Waals surface area contributed by atoms with Crippen molar-refractivity contribution in [3.05, 3.63) is 59.6 Å². The van der Waals surface area contributed by atoms with Gasteiger partial charge in [0.05, 0.1) is 17.9 Å². The van der Waals surface area contributed by atoms with Gasteiger partial charge < -0.3 is 14.5 Å². The Morgan fingerprint density at radius 3 is 2.55 bits per heavy atom. The predicted octanol–water partition coefficient (Wildman–Crippen LogP) is 2.59. The van der Waals surface area contributed by atoms with Gasteiger partial charge in [0, 0.05) is 6.07 Å². The average Bonchev–Trinajstić information content (AvgIpc) is 2.98. The molecule has 2 aromatic rings. The summed E-state index contributed by atoms with van der Waals surface area (Å²) >= 11 is 0. The van der Waals surface area contributed by atoms with Crippen LogP contribution >= 0.6 is 0 Å². The fraction of sp³-hybridized carbons (Fsp3) is 0.200. The largest absolute Gasteiger partial charge is 0.467 e. The maximum absolute atomic E-state index is 13.0. The maximum atomic E-state index is 13.0. The SMILES string of the molecule is C[C@H](NC(=O)COC(=O)c1cc(F)cc(F)c1)c1ccco1. The Labute approximate surface area is 124 Å². The van der Waals surface area contributed by atoms with Crippen LogP contribution in [0.15, 0.2) is 41.0 Å². The molecule has 2 rings (SSSR count). The molecule has 1 aromatic heterocycles. The second-order valence-corrected chi connectivity index (χ2v) is 4.54. The lowest BCUT2D eigenvalue weighted by Crippen LogP contribution is -2.31. The molecule has 0 saturated heterocycles. The summed E-state index contributed by atoms with van der Waals surface area (Å²) in [5.41, 5.74) is -0.301. The number of hydrogen-bond acceptors (Lipinski definition) is 4. The van der Waals surface area contributed by atoms with E-state index >= 15 is 0 Å². The number of amides is 1. The van der Waals surface area contributed by atoms with E-state index in [4.69, 9.17) is 9.15 Å². The molecule has 5 nitrogen and oxygen atoms in total. The lowest BCUT2D eigenvalue weighted by molar-refractivity contribution is -0.125. The molecule has 1 N–H and O–H groups in total. The molecule has 1 heterocycles. The van der Waals surface area contributed by atoms with Gasteiger partial charge in [0.15, 0.2) is 6.61 Å². The van der Waals surface area contributed by atoms with Crippen molar-refractivity contribution in [1.29, 1.82) is 0 Å². The molecule has 0 unspecified atom stereocenters. The van der Waals surface area contributed by atoms with Gasteiger partial charge in [-0.25, -0.2) is 13.6 Å². The summed E-state index contributed by atoms with van der Waals surface area (Å²) in [6.07, 6.45) is 1.47. The number of nitrogens with one attached hydrogen (secondary N) is 1. The Morgan fingerprint density at radius 1 is 1.27 bits per heavy atom. The Bertz CT molecular complexity index is 650. The summed E-state index contributed by atoms with van der Waals surface area (Å²) in [7, 11) is 0. The van der Waals surface area contributed by atoms with Crippen LogP contribution in [-0.2, 0) is 9.53 Å². The van der Waals surface area contributed by atoms with Crippen LogP contribution in [-0.4, -0.2) is 18.5 Å². The molecule has 0 aliphatic rings. The van der Waals surface area contributed by atoms with Crippen molar-refractivity contribution >= 4 is 11.9 Å². The molecule has 1 atom stereocenters. The van der Waals surface area contributed by atoms with E-state index in [1.165, 1.54) is 6.26 Å². The van der Waals surface area contributed by atoms with Crippen molar-refractivity contribution in [2.75, 3.05) is 6.61 Å². The van der Waals surface area contributed by atoms with Gasteiger partial charge in [-0.05, 0) is 31.2 Å². The molecule has 7 heteroatoms. The number of carbonyl (C=O) groups is 2. The number of halogens is 2. The lowest BCUT2D eigenvalue weighted by atomic mass is 10.2. The zero-order valence-corrected chi connectivity index (χ0v) is 11.6. The zero-order chi connectivity index (χ0) is 16.1. The minimum Gasteiger partial charge on any atom is -0.467 e. The van der Waals surface area contributed by atoms with Gasteiger partial charge in [-0.15, -0.1) is 0 Å². The van der Waals surface area contributed by atoms with E-state index < -0.39 is 36.2 Å². The topological polar surface area (TPSA) is 68.5 Å². The van der Waals surface area contributed by atoms with Crippen molar-refractivity contribution < 1.29 is 27.5 Å². The van der Waals surface area contributed by atoms with Crippen LogP contribution in [0.5, 0.6) is 0 Å². The van der Waals surface area contributed by atoms with Crippen LogP contribution in [0.3, 0.4) is 0 Å². The molecule has 1 amide bonds. The first-order valence-electron chi connectivity index (χ1n) is 6.41. The van der Waals surface area contributed by atoms with E-state index in [1.807, 2.05) is 0 Å².